The summed E-state index contributed by atoms with van der Waals surface area (Å²) in [6.45, 7) is 5.20. The number of fused-ring (bicyclic) bond motifs is 1. The van der Waals surface area contributed by atoms with Crippen molar-refractivity contribution in [3.63, 3.8) is 0 Å². The Labute approximate surface area is 148 Å². The van der Waals surface area contributed by atoms with Crippen LogP contribution in [0, 0.1) is 16.7 Å². The molecule has 6 heteroatoms. The highest BCUT2D eigenvalue weighted by atomic mass is 16.5. The van der Waals surface area contributed by atoms with E-state index in [-0.39, 0.29) is 29.8 Å². The minimum absolute atomic E-state index is 0.0386. The van der Waals surface area contributed by atoms with Gasteiger partial charge in [-0.05, 0) is 29.9 Å². The maximum absolute atomic E-state index is 12.6. The van der Waals surface area contributed by atoms with Gasteiger partial charge in [-0.15, -0.1) is 0 Å². The minimum atomic E-state index is -0.552. The Kier molecular flexibility index (Phi) is 4.39. The molecule has 1 aromatic rings. The van der Waals surface area contributed by atoms with Crippen LogP contribution < -0.4 is 9.47 Å². The first kappa shape index (κ1) is 17.6. The maximum Gasteiger partial charge on any atom is 0.314 e. The second-order valence-corrected chi connectivity index (χ2v) is 7.61. The van der Waals surface area contributed by atoms with Crippen molar-refractivity contribution in [1.29, 1.82) is 0 Å². The fourth-order valence-corrected chi connectivity index (χ4v) is 4.49. The Bertz CT molecular complexity index is 686. The molecule has 1 aliphatic heterocycles. The molecule has 1 amide bonds. The minimum Gasteiger partial charge on any atom is -0.497 e. The van der Waals surface area contributed by atoms with E-state index in [2.05, 4.69) is 13.8 Å². The number of rotatable bonds is 5. The zero-order valence-corrected chi connectivity index (χ0v) is 15.2. The van der Waals surface area contributed by atoms with Crippen molar-refractivity contribution in [2.75, 3.05) is 33.9 Å². The van der Waals surface area contributed by atoms with E-state index < -0.39 is 5.41 Å². The highest BCUT2D eigenvalue weighted by Gasteiger charge is 2.68. The van der Waals surface area contributed by atoms with Crippen LogP contribution in [0.5, 0.6) is 11.5 Å². The topological polar surface area (TPSA) is 65.1 Å². The Morgan fingerprint density at radius 2 is 1.96 bits per heavy atom. The van der Waals surface area contributed by atoms with E-state index >= 15 is 0 Å². The quantitative estimate of drug-likeness (QED) is 0.764. The van der Waals surface area contributed by atoms with Crippen LogP contribution in [0.4, 0.5) is 0 Å². The molecule has 2 aliphatic rings. The molecule has 136 valence electrons. The van der Waals surface area contributed by atoms with Gasteiger partial charge in [0.2, 0.25) is 0 Å². The predicted octanol–water partition coefficient (Wildman–Crippen LogP) is 2.12. The van der Waals surface area contributed by atoms with Gasteiger partial charge in [-0.2, -0.15) is 0 Å². The molecule has 3 rings (SSSR count). The molecule has 0 bridgehead atoms. The van der Waals surface area contributed by atoms with Crippen molar-refractivity contribution in [2.24, 2.45) is 16.7 Å². The summed E-state index contributed by atoms with van der Waals surface area (Å²) in [6.07, 6.45) is 0.748. The van der Waals surface area contributed by atoms with Gasteiger partial charge >= 0.3 is 5.97 Å². The lowest BCUT2D eigenvalue weighted by atomic mass is 9.48. The summed E-state index contributed by atoms with van der Waals surface area (Å²) in [4.78, 5) is 26.6. The lowest BCUT2D eigenvalue weighted by Gasteiger charge is -2.54. The molecule has 0 N–H and O–H groups in total. The second kappa shape index (κ2) is 6.24. The summed E-state index contributed by atoms with van der Waals surface area (Å²) in [7, 11) is 2.99. The van der Waals surface area contributed by atoms with Crippen LogP contribution >= 0.6 is 0 Å². The van der Waals surface area contributed by atoms with E-state index in [1.54, 1.807) is 24.1 Å². The molecule has 0 spiro atoms. The van der Waals surface area contributed by atoms with Crippen LogP contribution in [0.2, 0.25) is 0 Å². The average molecular weight is 347 g/mol. The molecule has 6 nitrogen and oxygen atoms in total. The third-order valence-electron chi connectivity index (χ3n) is 5.61. The SMILES string of the molecule is COC(=O)[C@@]12CN(C(=O)COc3cccc(OC)c3)C[C@@H]1C(C)(C)C2. The number of carbonyl (C=O) groups is 2. The Morgan fingerprint density at radius 3 is 2.60 bits per heavy atom. The van der Waals surface area contributed by atoms with Crippen molar-refractivity contribution in [3.05, 3.63) is 24.3 Å². The number of likely N-dealkylation sites (tertiary alicyclic amines) is 1. The molecule has 0 aromatic heterocycles. The second-order valence-electron chi connectivity index (χ2n) is 7.61. The molecular formula is C19H25NO5. The van der Waals surface area contributed by atoms with Gasteiger partial charge in [-0.3, -0.25) is 9.59 Å². The highest BCUT2D eigenvalue weighted by molar-refractivity contribution is 5.84. The van der Waals surface area contributed by atoms with E-state index in [1.165, 1.54) is 7.11 Å². The third-order valence-corrected chi connectivity index (χ3v) is 5.61. The number of hydrogen-bond donors (Lipinski definition) is 0. The number of hydrogen-bond acceptors (Lipinski definition) is 5. The van der Waals surface area contributed by atoms with Crippen molar-refractivity contribution >= 4 is 11.9 Å². The van der Waals surface area contributed by atoms with Gasteiger partial charge in [0.15, 0.2) is 6.61 Å². The van der Waals surface area contributed by atoms with Crippen LogP contribution in [0.3, 0.4) is 0 Å². The molecule has 0 radical (unpaired) electrons. The molecule has 1 saturated carbocycles. The van der Waals surface area contributed by atoms with E-state index in [4.69, 9.17) is 14.2 Å². The summed E-state index contributed by atoms with van der Waals surface area (Å²) in [5, 5.41) is 0. The summed E-state index contributed by atoms with van der Waals surface area (Å²) in [6, 6.07) is 7.14. The summed E-state index contributed by atoms with van der Waals surface area (Å²) >= 11 is 0. The molecule has 0 unspecified atom stereocenters. The van der Waals surface area contributed by atoms with Crippen LogP contribution in [0.1, 0.15) is 20.3 Å². The maximum atomic E-state index is 12.6. The van der Waals surface area contributed by atoms with Gasteiger partial charge in [-0.1, -0.05) is 19.9 Å². The van der Waals surface area contributed by atoms with Gasteiger partial charge in [0.1, 0.15) is 11.5 Å². The average Bonchev–Trinajstić information content (AvgIpc) is 2.95. The van der Waals surface area contributed by atoms with E-state index in [0.29, 0.717) is 24.6 Å². The Hall–Kier alpha value is -2.24. The number of amides is 1. The van der Waals surface area contributed by atoms with Crippen molar-refractivity contribution in [1.82, 2.24) is 4.90 Å². The number of carbonyl (C=O) groups excluding carboxylic acids is 2. The summed E-state index contributed by atoms with van der Waals surface area (Å²) in [5.74, 6) is 1.07. The number of benzene rings is 1. The Balaban J connectivity index is 1.64. The molecule has 1 saturated heterocycles. The van der Waals surface area contributed by atoms with Crippen LogP contribution in [-0.2, 0) is 14.3 Å². The van der Waals surface area contributed by atoms with Gasteiger partial charge in [0.25, 0.3) is 5.91 Å². The smallest absolute Gasteiger partial charge is 0.314 e. The fraction of sp³-hybridized carbons (Fsp3) is 0.579. The monoisotopic (exact) mass is 347 g/mol. The van der Waals surface area contributed by atoms with Crippen molar-refractivity contribution in [3.8, 4) is 11.5 Å². The van der Waals surface area contributed by atoms with Crippen LogP contribution in [0.25, 0.3) is 0 Å². The molecule has 1 aliphatic carbocycles. The molecule has 1 heterocycles. The van der Waals surface area contributed by atoms with E-state index in [9.17, 15) is 9.59 Å². The van der Waals surface area contributed by atoms with E-state index in [1.807, 2.05) is 12.1 Å². The first-order valence-corrected chi connectivity index (χ1v) is 8.45. The normalized spacial score (nSPS) is 26.4. The van der Waals surface area contributed by atoms with E-state index in [0.717, 1.165) is 6.42 Å². The number of esters is 1. The van der Waals surface area contributed by atoms with Crippen LogP contribution in [-0.4, -0.2) is 50.7 Å². The zero-order chi connectivity index (χ0) is 18.2. The summed E-state index contributed by atoms with van der Waals surface area (Å²) < 4.78 is 15.8. The largest absolute Gasteiger partial charge is 0.497 e. The fourth-order valence-electron chi connectivity index (χ4n) is 4.49. The summed E-state index contributed by atoms with van der Waals surface area (Å²) in [5.41, 5.74) is -0.513. The first-order chi connectivity index (χ1) is 11.8. The number of nitrogens with zero attached hydrogens (tertiary/aromatic N) is 1. The molecular weight excluding hydrogens is 322 g/mol. The first-order valence-electron chi connectivity index (χ1n) is 8.45. The van der Waals surface area contributed by atoms with Crippen molar-refractivity contribution in [2.45, 2.75) is 20.3 Å². The van der Waals surface area contributed by atoms with Gasteiger partial charge in [-0.25, -0.2) is 0 Å². The standard InChI is InChI=1S/C19H25NO5/c1-18(2)11-19(17(22)24-4)12-20(9-15(18)19)16(21)10-25-14-7-5-6-13(8-14)23-3/h5-8,15H,9-12H2,1-4H3/t15-,19+/m1/s1. The van der Waals surface area contributed by atoms with Crippen molar-refractivity contribution < 1.29 is 23.8 Å². The third kappa shape index (κ3) is 2.94. The number of methoxy groups -OCH3 is 2. The lowest BCUT2D eigenvalue weighted by molar-refractivity contribution is -0.174. The molecule has 1 aromatic carbocycles. The van der Waals surface area contributed by atoms with Gasteiger partial charge in [0, 0.05) is 19.2 Å². The highest BCUT2D eigenvalue weighted by Crippen LogP contribution is 2.63. The number of ether oxygens (including phenoxy) is 3. The zero-order valence-electron chi connectivity index (χ0n) is 15.2. The van der Waals surface area contributed by atoms with Gasteiger partial charge in [0.05, 0.1) is 19.6 Å². The molecule has 25 heavy (non-hydrogen) atoms. The molecule has 2 fully saturated rings. The predicted molar refractivity (Wildman–Crippen MR) is 91.4 cm³/mol. The van der Waals surface area contributed by atoms with Crippen LogP contribution in [0.15, 0.2) is 24.3 Å². The molecule has 2 atom stereocenters. The van der Waals surface area contributed by atoms with Gasteiger partial charge < -0.3 is 19.1 Å². The Morgan fingerprint density at radius 1 is 1.24 bits per heavy atom. The lowest BCUT2D eigenvalue weighted by Crippen LogP contribution is -2.57.